The zero-order valence-corrected chi connectivity index (χ0v) is 25.6. The van der Waals surface area contributed by atoms with Crippen LogP contribution in [0.25, 0.3) is 0 Å². The molecule has 0 saturated carbocycles. The topological polar surface area (TPSA) is 97.8 Å². The number of hydrogen-bond donors (Lipinski definition) is 2. The van der Waals surface area contributed by atoms with Gasteiger partial charge >= 0.3 is 5.51 Å². The number of methoxy groups -OCH3 is 1. The number of nitrogens with zero attached hydrogens (tertiary/aromatic N) is 3. The number of ether oxygens (including phenoxy) is 3. The number of piperidine rings is 1. The first kappa shape index (κ1) is 32.2. The minimum absolute atomic E-state index is 0.0432. The second-order valence-corrected chi connectivity index (χ2v) is 12.8. The number of carbonyl (C=O) groups excluding carboxylic acids is 1. The van der Waals surface area contributed by atoms with Gasteiger partial charge in [0.25, 0.3) is 5.91 Å². The molecule has 43 heavy (non-hydrogen) atoms. The van der Waals surface area contributed by atoms with Crippen molar-refractivity contribution in [1.82, 2.24) is 20.2 Å². The first-order chi connectivity index (χ1) is 20.7. The van der Waals surface area contributed by atoms with Gasteiger partial charge in [0.15, 0.2) is 0 Å². The van der Waals surface area contributed by atoms with Crippen LogP contribution in [0.5, 0.6) is 0 Å². The molecule has 3 fully saturated rings. The lowest BCUT2D eigenvalue weighted by Crippen LogP contribution is -2.54. The molecule has 5 rings (SSSR count). The van der Waals surface area contributed by atoms with E-state index in [4.69, 9.17) is 14.2 Å². The maximum Gasteiger partial charge on any atom is 0.446 e. The Balaban J connectivity index is 1.10. The van der Waals surface area contributed by atoms with Crippen LogP contribution in [-0.4, -0.2) is 96.6 Å². The molecule has 0 bridgehead atoms. The summed E-state index contributed by atoms with van der Waals surface area (Å²) in [7, 11) is 1.72. The molecule has 1 aromatic rings. The number of anilines is 1. The van der Waals surface area contributed by atoms with Crippen molar-refractivity contribution in [3.63, 3.8) is 0 Å². The highest BCUT2D eigenvalue weighted by Crippen LogP contribution is 2.40. The van der Waals surface area contributed by atoms with Crippen molar-refractivity contribution in [1.29, 1.82) is 0 Å². The summed E-state index contributed by atoms with van der Waals surface area (Å²) in [6.45, 7) is 5.03. The van der Waals surface area contributed by atoms with E-state index >= 15 is 0 Å². The third kappa shape index (κ3) is 8.72. The number of likely N-dealkylation sites (tertiary alicyclic amines) is 1. The Kier molecular flexibility index (Phi) is 11.0. The van der Waals surface area contributed by atoms with E-state index in [0.717, 1.165) is 45.1 Å². The Morgan fingerprint density at radius 2 is 2.00 bits per heavy atom. The Hall–Kier alpha value is -2.19. The fourth-order valence-electron chi connectivity index (χ4n) is 6.39. The summed E-state index contributed by atoms with van der Waals surface area (Å²) in [5.74, 6) is 0.583. The van der Waals surface area contributed by atoms with Gasteiger partial charge in [-0.15, -0.1) is 0 Å². The number of thioether (sulfide) groups is 1. The number of nitrogens with one attached hydrogen (secondary N) is 2. The highest BCUT2D eigenvalue weighted by molar-refractivity contribution is 8.04. The number of carbonyl (C=O) groups is 1. The van der Waals surface area contributed by atoms with Gasteiger partial charge in [0.1, 0.15) is 17.8 Å². The minimum Gasteiger partial charge on any atom is -0.379 e. The molecule has 4 aliphatic rings. The van der Waals surface area contributed by atoms with Gasteiger partial charge in [-0.1, -0.05) is 18.2 Å². The molecule has 238 valence electrons. The van der Waals surface area contributed by atoms with Gasteiger partial charge < -0.3 is 29.7 Å². The molecule has 9 nitrogen and oxygen atoms in total. The molecule has 2 N–H and O–H groups in total. The van der Waals surface area contributed by atoms with Crippen LogP contribution in [-0.2, 0) is 14.2 Å². The normalized spacial score (nSPS) is 28.9. The van der Waals surface area contributed by atoms with E-state index in [0.29, 0.717) is 55.8 Å². The number of rotatable bonds is 9. The van der Waals surface area contributed by atoms with Crippen LogP contribution in [0.3, 0.4) is 0 Å². The zero-order valence-electron chi connectivity index (χ0n) is 24.8. The quantitative estimate of drug-likeness (QED) is 0.399. The standard InChI is InChI=1S/C30H42F3N5O4S/c1-19-27(29(39)38-13-10-21(11-14-38)37-24-12-15-41-17-26(24)40-2)35-18-36-28(19)34-16-22-4-3-5-25(42-22)20-6-8-23(9-7-20)43-30(31,32)33/h6,8-9,18,20-22,24-26,37H,3-5,7,10-17H2,1-2H3,(H,34,35,36)/t20?,22-,24-,25+,26+/m1/s1. The molecule has 1 aliphatic carbocycles. The van der Waals surface area contributed by atoms with Crippen molar-refractivity contribution in [3.05, 3.63) is 40.7 Å². The van der Waals surface area contributed by atoms with Crippen LogP contribution >= 0.6 is 11.8 Å². The predicted octanol–water partition coefficient (Wildman–Crippen LogP) is 4.85. The molecule has 13 heteroatoms. The second-order valence-electron chi connectivity index (χ2n) is 11.7. The van der Waals surface area contributed by atoms with E-state index < -0.39 is 5.51 Å². The maximum absolute atomic E-state index is 13.4. The molecule has 0 radical (unpaired) electrons. The number of hydrogen-bond acceptors (Lipinski definition) is 9. The summed E-state index contributed by atoms with van der Waals surface area (Å²) in [4.78, 5) is 24.3. The van der Waals surface area contributed by atoms with E-state index in [-0.39, 0.29) is 52.8 Å². The Morgan fingerprint density at radius 3 is 2.72 bits per heavy atom. The fourth-order valence-corrected chi connectivity index (χ4v) is 6.98. The highest BCUT2D eigenvalue weighted by Gasteiger charge is 2.34. The first-order valence-corrected chi connectivity index (χ1v) is 16.0. The summed E-state index contributed by atoms with van der Waals surface area (Å²) in [5, 5.41) is 7.08. The van der Waals surface area contributed by atoms with E-state index in [1.54, 1.807) is 19.3 Å². The predicted molar refractivity (Wildman–Crippen MR) is 159 cm³/mol. The molecular weight excluding hydrogens is 583 g/mol. The molecule has 5 atom stereocenters. The molecule has 1 aromatic heterocycles. The smallest absolute Gasteiger partial charge is 0.379 e. The minimum atomic E-state index is -4.28. The van der Waals surface area contributed by atoms with E-state index in [1.807, 2.05) is 17.9 Å². The summed E-state index contributed by atoms with van der Waals surface area (Å²) in [6.07, 6.45) is 12.3. The van der Waals surface area contributed by atoms with Crippen molar-refractivity contribution in [2.75, 3.05) is 45.3 Å². The van der Waals surface area contributed by atoms with Crippen LogP contribution in [0.2, 0.25) is 0 Å². The average molecular weight is 626 g/mol. The Bertz CT molecular complexity index is 1160. The lowest BCUT2D eigenvalue weighted by atomic mass is 9.89. The van der Waals surface area contributed by atoms with Crippen LogP contribution in [0.4, 0.5) is 19.0 Å². The fraction of sp³-hybridized carbons (Fsp3) is 0.700. The first-order valence-electron chi connectivity index (χ1n) is 15.2. The third-order valence-electron chi connectivity index (χ3n) is 8.81. The van der Waals surface area contributed by atoms with Gasteiger partial charge in [-0.05, 0) is 63.6 Å². The largest absolute Gasteiger partial charge is 0.446 e. The summed E-state index contributed by atoms with van der Waals surface area (Å²) < 4.78 is 55.5. The van der Waals surface area contributed by atoms with E-state index in [9.17, 15) is 18.0 Å². The second kappa shape index (κ2) is 14.7. The Morgan fingerprint density at radius 1 is 1.19 bits per heavy atom. The number of amides is 1. The van der Waals surface area contributed by atoms with Crippen LogP contribution < -0.4 is 10.6 Å². The van der Waals surface area contributed by atoms with Crippen molar-refractivity contribution in [2.24, 2.45) is 5.92 Å². The van der Waals surface area contributed by atoms with E-state index in [1.165, 1.54) is 6.33 Å². The van der Waals surface area contributed by atoms with Crippen LogP contribution in [0.1, 0.15) is 61.0 Å². The van der Waals surface area contributed by atoms with Gasteiger partial charge in [0, 0.05) is 61.8 Å². The summed E-state index contributed by atoms with van der Waals surface area (Å²) >= 11 is -0.0732. The molecule has 4 heterocycles. The molecule has 3 aliphatic heterocycles. The van der Waals surface area contributed by atoms with Gasteiger partial charge in [-0.25, -0.2) is 9.97 Å². The number of alkyl halides is 3. The monoisotopic (exact) mass is 625 g/mol. The molecule has 1 unspecified atom stereocenters. The van der Waals surface area contributed by atoms with Crippen molar-refractivity contribution in [3.8, 4) is 0 Å². The molecular formula is C30H42F3N5O4S. The molecule has 1 amide bonds. The van der Waals surface area contributed by atoms with E-state index in [2.05, 4.69) is 20.6 Å². The molecule has 0 spiro atoms. The van der Waals surface area contributed by atoms with Gasteiger partial charge in [-0.2, -0.15) is 13.2 Å². The van der Waals surface area contributed by atoms with Crippen LogP contribution in [0, 0.1) is 12.8 Å². The van der Waals surface area contributed by atoms with Gasteiger partial charge in [0.2, 0.25) is 0 Å². The Labute approximate surface area is 255 Å². The van der Waals surface area contributed by atoms with Crippen molar-refractivity contribution in [2.45, 2.75) is 87.8 Å². The maximum atomic E-state index is 13.4. The highest BCUT2D eigenvalue weighted by atomic mass is 32.2. The SMILES string of the molecule is CO[C@H]1COCC[C@H]1NC1CCN(C(=O)c2ncnc(NC[C@H]3CCC[C@@H](C4C=CC(SC(F)(F)F)=CC4)O3)c2C)CC1. The molecule has 0 aromatic carbocycles. The summed E-state index contributed by atoms with van der Waals surface area (Å²) in [5.41, 5.74) is -3.17. The number of aromatic nitrogens is 2. The lowest BCUT2D eigenvalue weighted by molar-refractivity contribution is -0.0615. The lowest BCUT2D eigenvalue weighted by Gasteiger charge is -2.38. The third-order valence-corrected chi connectivity index (χ3v) is 9.58. The summed E-state index contributed by atoms with van der Waals surface area (Å²) in [6, 6.07) is 0.590. The zero-order chi connectivity index (χ0) is 30.4. The van der Waals surface area contributed by atoms with Gasteiger partial charge in [-0.3, -0.25) is 4.79 Å². The van der Waals surface area contributed by atoms with Gasteiger partial charge in [0.05, 0.1) is 24.9 Å². The van der Waals surface area contributed by atoms with Crippen molar-refractivity contribution >= 4 is 23.5 Å². The number of halogens is 3. The molecule has 3 saturated heterocycles. The van der Waals surface area contributed by atoms with Crippen molar-refractivity contribution < 1.29 is 32.2 Å². The number of allylic oxidation sites excluding steroid dienone is 2. The average Bonchev–Trinajstić information content (AvgIpc) is 3.01. The van der Waals surface area contributed by atoms with Crippen LogP contribution in [0.15, 0.2) is 29.5 Å².